The van der Waals surface area contributed by atoms with Gasteiger partial charge in [-0.15, -0.1) is 0 Å². The lowest BCUT2D eigenvalue weighted by molar-refractivity contribution is -0.143. The van der Waals surface area contributed by atoms with Crippen molar-refractivity contribution >= 4 is 27.6 Å². The van der Waals surface area contributed by atoms with Crippen LogP contribution in [0.5, 0.6) is 0 Å². The molecule has 0 spiro atoms. The number of piperidine rings is 1. The highest BCUT2D eigenvalue weighted by Gasteiger charge is 2.36. The molecule has 2 aromatic carbocycles. The van der Waals surface area contributed by atoms with Crippen LogP contribution >= 0.6 is 0 Å². The normalized spacial score (nSPS) is 22.2. The van der Waals surface area contributed by atoms with Gasteiger partial charge in [-0.05, 0) is 87.9 Å². The third-order valence-electron chi connectivity index (χ3n) is 8.27. The molecular formula is C30H38N4O5S. The molecule has 1 N–H and O–H groups in total. The summed E-state index contributed by atoms with van der Waals surface area (Å²) in [6.45, 7) is 5.67. The van der Waals surface area contributed by atoms with Crippen LogP contribution in [0.1, 0.15) is 55.8 Å². The number of benzene rings is 2. The summed E-state index contributed by atoms with van der Waals surface area (Å²) in [6, 6.07) is 12.8. The van der Waals surface area contributed by atoms with Crippen molar-refractivity contribution in [2.45, 2.75) is 62.4 Å². The Hall–Kier alpha value is -3.08. The van der Waals surface area contributed by atoms with Gasteiger partial charge in [0.15, 0.2) is 5.78 Å². The van der Waals surface area contributed by atoms with E-state index in [0.717, 1.165) is 38.0 Å². The molecule has 2 unspecified atom stereocenters. The van der Waals surface area contributed by atoms with E-state index in [9.17, 15) is 22.8 Å². The molecule has 3 aliphatic heterocycles. The Morgan fingerprint density at radius 1 is 0.900 bits per heavy atom. The molecule has 5 rings (SSSR count). The molecule has 40 heavy (non-hydrogen) atoms. The van der Waals surface area contributed by atoms with Crippen LogP contribution in [-0.2, 0) is 19.6 Å². The van der Waals surface area contributed by atoms with Crippen molar-refractivity contribution in [3.05, 3.63) is 54.1 Å². The monoisotopic (exact) mass is 566 g/mol. The molecule has 3 heterocycles. The van der Waals surface area contributed by atoms with Gasteiger partial charge in [0.2, 0.25) is 21.8 Å². The Morgan fingerprint density at radius 3 is 2.35 bits per heavy atom. The van der Waals surface area contributed by atoms with Crippen molar-refractivity contribution < 1.29 is 22.8 Å². The Labute approximate surface area is 236 Å². The second-order valence-electron chi connectivity index (χ2n) is 11.1. The van der Waals surface area contributed by atoms with Crippen LogP contribution in [0.15, 0.2) is 53.4 Å². The van der Waals surface area contributed by atoms with E-state index in [-0.39, 0.29) is 35.1 Å². The first-order valence-electron chi connectivity index (χ1n) is 14.3. The number of hydrogen-bond donors (Lipinski definition) is 1. The number of Topliss-reactive ketones (excluding diaryl/α,β-unsaturated/α-hetero) is 1. The number of sulfonamides is 1. The highest BCUT2D eigenvalue weighted by atomic mass is 32.2. The summed E-state index contributed by atoms with van der Waals surface area (Å²) < 4.78 is 29.3. The minimum Gasteiger partial charge on any atom is -0.337 e. The minimum absolute atomic E-state index is 0.0183. The number of carbonyl (C=O) groups is 3. The summed E-state index contributed by atoms with van der Waals surface area (Å²) >= 11 is 0. The Morgan fingerprint density at radius 2 is 1.60 bits per heavy atom. The van der Waals surface area contributed by atoms with Crippen molar-refractivity contribution in [1.82, 2.24) is 19.4 Å². The van der Waals surface area contributed by atoms with Crippen molar-refractivity contribution in [2.24, 2.45) is 0 Å². The molecule has 214 valence electrons. The van der Waals surface area contributed by atoms with Gasteiger partial charge in [-0.1, -0.05) is 30.3 Å². The molecule has 3 saturated heterocycles. The van der Waals surface area contributed by atoms with Crippen molar-refractivity contribution in [3.8, 4) is 11.1 Å². The van der Waals surface area contributed by atoms with E-state index in [2.05, 4.69) is 9.62 Å². The molecule has 9 nitrogen and oxygen atoms in total. The molecule has 3 aliphatic rings. The van der Waals surface area contributed by atoms with Crippen LogP contribution in [0.4, 0.5) is 0 Å². The fourth-order valence-electron chi connectivity index (χ4n) is 6.09. The van der Waals surface area contributed by atoms with E-state index < -0.39 is 16.1 Å². The Bertz CT molecular complexity index is 1370. The van der Waals surface area contributed by atoms with Gasteiger partial charge in [0, 0.05) is 31.2 Å². The zero-order valence-corrected chi connectivity index (χ0v) is 23.9. The summed E-state index contributed by atoms with van der Waals surface area (Å²) in [6.07, 6.45) is 5.36. The summed E-state index contributed by atoms with van der Waals surface area (Å²) in [4.78, 5) is 44.3. The summed E-state index contributed by atoms with van der Waals surface area (Å²) in [5.41, 5.74) is 1.93. The van der Waals surface area contributed by atoms with Crippen LogP contribution in [0.25, 0.3) is 11.1 Å². The maximum atomic E-state index is 13.3. The quantitative estimate of drug-likeness (QED) is 0.468. The van der Waals surface area contributed by atoms with Crippen molar-refractivity contribution in [3.63, 3.8) is 0 Å². The summed E-state index contributed by atoms with van der Waals surface area (Å²) in [5.74, 6) is -0.485. The van der Waals surface area contributed by atoms with E-state index >= 15 is 0 Å². The van der Waals surface area contributed by atoms with Gasteiger partial charge in [-0.2, -0.15) is 4.72 Å². The number of nitrogens with one attached hydrogen (secondary N) is 1. The molecule has 0 bridgehead atoms. The molecule has 2 aromatic rings. The first-order valence-corrected chi connectivity index (χ1v) is 15.7. The summed E-state index contributed by atoms with van der Waals surface area (Å²) in [5, 5.41) is 0. The highest BCUT2D eigenvalue weighted by molar-refractivity contribution is 7.89. The van der Waals surface area contributed by atoms with Gasteiger partial charge in [-0.25, -0.2) is 8.42 Å². The van der Waals surface area contributed by atoms with Crippen LogP contribution in [0, 0.1) is 0 Å². The second kappa shape index (κ2) is 12.2. The lowest BCUT2D eigenvalue weighted by atomic mass is 10.0. The van der Waals surface area contributed by atoms with Gasteiger partial charge in [0.25, 0.3) is 0 Å². The third kappa shape index (κ3) is 6.45. The fraction of sp³-hybridized carbons (Fsp3) is 0.500. The number of rotatable bonds is 9. The van der Waals surface area contributed by atoms with Gasteiger partial charge >= 0.3 is 0 Å². The van der Waals surface area contributed by atoms with Crippen LogP contribution in [-0.4, -0.2) is 92.1 Å². The number of amides is 2. The Kier molecular flexibility index (Phi) is 8.68. The minimum atomic E-state index is -4.00. The molecule has 0 saturated carbocycles. The molecule has 0 aromatic heterocycles. The first kappa shape index (κ1) is 28.4. The second-order valence-corrected chi connectivity index (χ2v) is 12.8. The van der Waals surface area contributed by atoms with Gasteiger partial charge in [0.05, 0.1) is 11.4 Å². The van der Waals surface area contributed by atoms with Crippen molar-refractivity contribution in [2.75, 3.05) is 39.3 Å². The SMILES string of the molecule is CC(=O)c1cccc(-c2cccc(S(=O)(=O)NC3CCCN(CC(=O)N4CCCC4CN4CCCC4)C3=O)c2)c1. The largest absolute Gasteiger partial charge is 0.337 e. The molecule has 0 aliphatic carbocycles. The highest BCUT2D eigenvalue weighted by Crippen LogP contribution is 2.25. The van der Waals surface area contributed by atoms with E-state index in [1.807, 2.05) is 11.0 Å². The predicted octanol–water partition coefficient (Wildman–Crippen LogP) is 2.91. The molecule has 3 fully saturated rings. The van der Waals surface area contributed by atoms with Crippen molar-refractivity contribution in [1.29, 1.82) is 0 Å². The predicted molar refractivity (Wildman–Crippen MR) is 152 cm³/mol. The van der Waals surface area contributed by atoms with Gasteiger partial charge in [-0.3, -0.25) is 14.4 Å². The maximum Gasteiger partial charge on any atom is 0.242 e. The van der Waals surface area contributed by atoms with Crippen LogP contribution in [0.2, 0.25) is 0 Å². The molecule has 10 heteroatoms. The molecule has 2 amide bonds. The fourth-order valence-corrected chi connectivity index (χ4v) is 7.36. The number of likely N-dealkylation sites (tertiary alicyclic amines) is 3. The lowest BCUT2D eigenvalue weighted by Crippen LogP contribution is -2.55. The van der Waals surface area contributed by atoms with Crippen LogP contribution in [0.3, 0.4) is 0 Å². The summed E-state index contributed by atoms with van der Waals surface area (Å²) in [7, 11) is -4.00. The van der Waals surface area contributed by atoms with Gasteiger partial charge in [0.1, 0.15) is 6.04 Å². The zero-order chi connectivity index (χ0) is 28.3. The topological polar surface area (TPSA) is 107 Å². The van der Waals surface area contributed by atoms with E-state index in [1.165, 1.54) is 30.7 Å². The smallest absolute Gasteiger partial charge is 0.242 e. The zero-order valence-electron chi connectivity index (χ0n) is 23.0. The molecular weight excluding hydrogens is 528 g/mol. The molecule has 0 radical (unpaired) electrons. The van der Waals surface area contributed by atoms with E-state index in [1.54, 1.807) is 36.4 Å². The number of ketones is 1. The Balaban J connectivity index is 1.24. The average Bonchev–Trinajstić information content (AvgIpc) is 3.64. The number of hydrogen-bond acceptors (Lipinski definition) is 6. The lowest BCUT2D eigenvalue weighted by Gasteiger charge is -2.34. The van der Waals surface area contributed by atoms with Gasteiger partial charge < -0.3 is 14.7 Å². The number of carbonyl (C=O) groups excluding carboxylic acids is 3. The number of nitrogens with zero attached hydrogens (tertiary/aromatic N) is 3. The van der Waals surface area contributed by atoms with E-state index in [4.69, 9.17) is 0 Å². The maximum absolute atomic E-state index is 13.3. The van der Waals surface area contributed by atoms with Crippen LogP contribution < -0.4 is 4.72 Å². The molecule has 2 atom stereocenters. The van der Waals surface area contributed by atoms with E-state index in [0.29, 0.717) is 37.1 Å². The first-order chi connectivity index (χ1) is 19.2. The standard InChI is InChI=1S/C30H38N4O5S/c1-22(35)23-8-4-9-24(18-23)25-10-5-12-27(19-25)40(38,39)31-28-13-7-16-33(30(28)37)21-29(36)34-17-6-11-26(34)20-32-14-2-3-15-32/h4-5,8-10,12,18-19,26,28,31H,2-3,6-7,11,13-17,20-21H2,1H3. The third-order valence-corrected chi connectivity index (χ3v) is 9.74. The average molecular weight is 567 g/mol.